The van der Waals surface area contributed by atoms with Crippen molar-refractivity contribution in [3.63, 3.8) is 0 Å². The quantitative estimate of drug-likeness (QED) is 0.267. The Bertz CT molecular complexity index is 886. The van der Waals surface area contributed by atoms with Crippen molar-refractivity contribution in [1.82, 2.24) is 25.3 Å². The van der Waals surface area contributed by atoms with Gasteiger partial charge in [-0.3, -0.25) is 24.4 Å². The molecular weight excluding hydrogens is 514 g/mol. The van der Waals surface area contributed by atoms with Crippen molar-refractivity contribution in [2.45, 2.75) is 69.9 Å². The van der Waals surface area contributed by atoms with E-state index in [0.717, 1.165) is 52.1 Å². The smallest absolute Gasteiger partial charge is 0.408 e. The normalized spacial score (nSPS) is 21.8. The highest BCUT2D eigenvalue weighted by Gasteiger charge is 2.37. The van der Waals surface area contributed by atoms with Crippen LogP contribution >= 0.6 is 0 Å². The molecule has 2 N–H and O–H groups in total. The molecule has 3 fully saturated rings. The molecule has 2 amide bonds. The fourth-order valence-electron chi connectivity index (χ4n) is 5.56. The Morgan fingerprint density at radius 2 is 1.73 bits per heavy atom. The van der Waals surface area contributed by atoms with Crippen molar-refractivity contribution in [2.24, 2.45) is 10.9 Å². The van der Waals surface area contributed by atoms with Gasteiger partial charge >= 0.3 is 12.1 Å². The minimum Gasteiger partial charge on any atom is -0.465 e. The molecule has 12 nitrogen and oxygen atoms in total. The van der Waals surface area contributed by atoms with Gasteiger partial charge in [-0.15, -0.1) is 0 Å². The molecule has 12 heteroatoms. The molecule has 2 saturated heterocycles. The number of hydrogen-bond acceptors (Lipinski definition) is 10. The number of nitrogens with one attached hydrogen (secondary N) is 2. The number of amides is 2. The van der Waals surface area contributed by atoms with E-state index < -0.39 is 17.7 Å². The summed E-state index contributed by atoms with van der Waals surface area (Å²) in [5.41, 5.74) is -0.857. The largest absolute Gasteiger partial charge is 0.465 e. The number of nitriles is 1. The molecule has 3 rings (SSSR count). The number of ether oxygens (including phenoxy) is 2. The lowest BCUT2D eigenvalue weighted by Gasteiger charge is -2.36. The van der Waals surface area contributed by atoms with Gasteiger partial charge in [0.15, 0.2) is 0 Å². The minimum atomic E-state index is -0.857. The summed E-state index contributed by atoms with van der Waals surface area (Å²) in [6.07, 6.45) is 8.50. The summed E-state index contributed by atoms with van der Waals surface area (Å²) in [7, 11) is 2.02. The van der Waals surface area contributed by atoms with E-state index in [-0.39, 0.29) is 25.0 Å². The number of nitrogens with zero attached hydrogens (tertiary/aromatic N) is 5. The van der Waals surface area contributed by atoms with Gasteiger partial charge in [-0.05, 0) is 39.2 Å². The van der Waals surface area contributed by atoms with Gasteiger partial charge in [0.25, 0.3) is 0 Å². The molecule has 0 aromatic rings. The standard InChI is InChI=1S/C28H47N7O5/c1-3-39-25(36)20-34-14-16-35(17-15-34)22-31-27(38)40-18-11-30-24(19-23-7-5-4-6-8-23)26(37)32-28(21-29)9-12-33(2)13-10-28/h11,23-24H,3-10,12-20,22H2,1-2H3,(H,31,38)(H,32,37). The highest BCUT2D eigenvalue weighted by Crippen LogP contribution is 2.29. The Morgan fingerprint density at radius 3 is 2.38 bits per heavy atom. The molecule has 1 saturated carbocycles. The van der Waals surface area contributed by atoms with Gasteiger partial charge in [-0.1, -0.05) is 32.1 Å². The molecule has 0 aromatic carbocycles. The van der Waals surface area contributed by atoms with E-state index in [1.807, 2.05) is 11.9 Å². The number of likely N-dealkylation sites (tertiary alicyclic amines) is 1. The van der Waals surface area contributed by atoms with Crippen molar-refractivity contribution in [1.29, 1.82) is 5.26 Å². The molecule has 2 heterocycles. The molecule has 3 aliphatic rings. The van der Waals surface area contributed by atoms with Crippen LogP contribution < -0.4 is 10.6 Å². The molecule has 1 unspecified atom stereocenters. The van der Waals surface area contributed by atoms with Crippen LogP contribution in [0.4, 0.5) is 4.79 Å². The van der Waals surface area contributed by atoms with Crippen molar-refractivity contribution in [2.75, 3.05) is 72.7 Å². The zero-order valence-corrected chi connectivity index (χ0v) is 24.2. The fourth-order valence-corrected chi connectivity index (χ4v) is 5.56. The third-order valence-corrected chi connectivity index (χ3v) is 8.15. The first kappa shape index (κ1) is 31.8. The third kappa shape index (κ3) is 10.7. The number of carbonyl (C=O) groups is 3. The Hall–Kier alpha value is -2.75. The highest BCUT2D eigenvalue weighted by molar-refractivity contribution is 5.84. The van der Waals surface area contributed by atoms with Gasteiger partial charge in [0, 0.05) is 45.5 Å². The summed E-state index contributed by atoms with van der Waals surface area (Å²) < 4.78 is 10.3. The fraction of sp³-hybridized carbons (Fsp3) is 0.821. The van der Waals surface area contributed by atoms with E-state index in [9.17, 15) is 19.6 Å². The average molecular weight is 562 g/mol. The summed E-state index contributed by atoms with van der Waals surface area (Å²) in [5, 5.41) is 15.6. The predicted octanol–water partition coefficient (Wildman–Crippen LogP) is 1.36. The Balaban J connectivity index is 1.42. The molecule has 0 spiro atoms. The molecule has 1 atom stereocenters. The van der Waals surface area contributed by atoms with Crippen LogP contribution in [0.25, 0.3) is 0 Å². The SMILES string of the molecule is CCOC(=O)CN1CCN(CNC(=O)OCC=NC(CC2CCCCC2)C(=O)NC2(C#N)CCN(C)CC2)CC1. The second-order valence-corrected chi connectivity index (χ2v) is 11.2. The number of alkyl carbamates (subject to hydrolysis) is 1. The number of carbonyl (C=O) groups excluding carboxylic acids is 3. The lowest BCUT2D eigenvalue weighted by atomic mass is 9.84. The summed E-state index contributed by atoms with van der Waals surface area (Å²) in [6.45, 7) is 7.17. The van der Waals surface area contributed by atoms with E-state index in [2.05, 4.69) is 31.5 Å². The highest BCUT2D eigenvalue weighted by atomic mass is 16.5. The van der Waals surface area contributed by atoms with Gasteiger partial charge in [0.1, 0.15) is 18.2 Å². The first-order valence-electron chi connectivity index (χ1n) is 14.8. The maximum Gasteiger partial charge on any atom is 0.408 e. The molecule has 0 aromatic heterocycles. The summed E-state index contributed by atoms with van der Waals surface area (Å²) >= 11 is 0. The van der Waals surface area contributed by atoms with Crippen LogP contribution in [0.1, 0.15) is 58.3 Å². The second-order valence-electron chi connectivity index (χ2n) is 11.2. The predicted molar refractivity (Wildman–Crippen MR) is 151 cm³/mol. The Morgan fingerprint density at radius 1 is 1.05 bits per heavy atom. The molecule has 1 aliphatic carbocycles. The van der Waals surface area contributed by atoms with Crippen LogP contribution in [0.3, 0.4) is 0 Å². The monoisotopic (exact) mass is 561 g/mol. The second kappa shape index (κ2) is 16.5. The third-order valence-electron chi connectivity index (χ3n) is 8.15. The Labute approximate surface area is 238 Å². The first-order valence-corrected chi connectivity index (χ1v) is 14.8. The molecule has 40 heavy (non-hydrogen) atoms. The van der Waals surface area contributed by atoms with Gasteiger partial charge in [0.05, 0.1) is 25.9 Å². The summed E-state index contributed by atoms with van der Waals surface area (Å²) in [4.78, 5) is 48.0. The van der Waals surface area contributed by atoms with Crippen molar-refractivity contribution >= 4 is 24.2 Å². The van der Waals surface area contributed by atoms with E-state index >= 15 is 0 Å². The van der Waals surface area contributed by atoms with Crippen LogP contribution in [-0.2, 0) is 19.1 Å². The molecule has 0 bridgehead atoms. The number of piperidine rings is 1. The van der Waals surface area contributed by atoms with Crippen LogP contribution in [0.2, 0.25) is 0 Å². The Kier molecular flexibility index (Phi) is 13.1. The van der Waals surface area contributed by atoms with Gasteiger partial charge in [-0.2, -0.15) is 5.26 Å². The maximum absolute atomic E-state index is 13.3. The van der Waals surface area contributed by atoms with E-state index in [1.165, 1.54) is 25.5 Å². The topological polar surface area (TPSA) is 140 Å². The molecule has 0 radical (unpaired) electrons. The number of aliphatic imine (C=N–C) groups is 1. The van der Waals surface area contributed by atoms with Crippen LogP contribution in [0.5, 0.6) is 0 Å². The van der Waals surface area contributed by atoms with Crippen LogP contribution in [0.15, 0.2) is 4.99 Å². The van der Waals surface area contributed by atoms with E-state index in [0.29, 0.717) is 38.5 Å². The van der Waals surface area contributed by atoms with Gasteiger partial charge in [-0.25, -0.2) is 4.79 Å². The molecule has 224 valence electrons. The van der Waals surface area contributed by atoms with Crippen molar-refractivity contribution in [3.8, 4) is 6.07 Å². The van der Waals surface area contributed by atoms with Crippen LogP contribution in [-0.4, -0.2) is 123 Å². The van der Waals surface area contributed by atoms with E-state index in [1.54, 1.807) is 6.92 Å². The van der Waals surface area contributed by atoms with E-state index in [4.69, 9.17) is 9.47 Å². The number of piperazine rings is 1. The minimum absolute atomic E-state index is 0.0399. The van der Waals surface area contributed by atoms with Gasteiger partial charge in [0.2, 0.25) is 5.91 Å². The molecule has 2 aliphatic heterocycles. The summed E-state index contributed by atoms with van der Waals surface area (Å²) in [6, 6.07) is 1.75. The zero-order chi connectivity index (χ0) is 28.8. The van der Waals surface area contributed by atoms with Gasteiger partial charge < -0.3 is 25.0 Å². The lowest BCUT2D eigenvalue weighted by Crippen LogP contribution is -2.56. The summed E-state index contributed by atoms with van der Waals surface area (Å²) in [5.74, 6) is -0.0113. The number of esters is 1. The number of hydrogen-bond donors (Lipinski definition) is 2. The van der Waals surface area contributed by atoms with Crippen molar-refractivity contribution < 1.29 is 23.9 Å². The van der Waals surface area contributed by atoms with Crippen LogP contribution in [0, 0.1) is 17.2 Å². The number of rotatable bonds is 12. The first-order chi connectivity index (χ1) is 19.3. The average Bonchev–Trinajstić information content (AvgIpc) is 2.96. The van der Waals surface area contributed by atoms with Crippen molar-refractivity contribution in [3.05, 3.63) is 0 Å². The maximum atomic E-state index is 13.3. The zero-order valence-electron chi connectivity index (χ0n) is 24.2. The lowest BCUT2D eigenvalue weighted by molar-refractivity contribution is -0.144. The molecular formula is C28H47N7O5.